The van der Waals surface area contributed by atoms with E-state index in [2.05, 4.69) is 18.4 Å². The molecule has 4 heteroatoms. The van der Waals surface area contributed by atoms with E-state index in [1.54, 1.807) is 26.0 Å². The van der Waals surface area contributed by atoms with E-state index in [1.807, 2.05) is 30.3 Å². The zero-order valence-electron chi connectivity index (χ0n) is 11.9. The van der Waals surface area contributed by atoms with Gasteiger partial charge in [-0.1, -0.05) is 24.3 Å². The predicted molar refractivity (Wildman–Crippen MR) is 83.8 cm³/mol. The van der Waals surface area contributed by atoms with E-state index in [9.17, 15) is 0 Å². The highest BCUT2D eigenvalue weighted by Gasteiger charge is 2.15. The highest BCUT2D eigenvalue weighted by atomic mass is 32.2. The van der Waals surface area contributed by atoms with E-state index in [-0.39, 0.29) is 6.04 Å². The molecular formula is C16H19NO2S. The maximum absolute atomic E-state index is 6.40. The zero-order chi connectivity index (χ0) is 14.5. The molecule has 0 amide bonds. The molecular weight excluding hydrogens is 270 g/mol. The molecule has 0 aliphatic rings. The first-order chi connectivity index (χ1) is 9.71. The highest BCUT2D eigenvalue weighted by Crippen LogP contribution is 2.33. The Bertz CT molecular complexity index is 586. The highest BCUT2D eigenvalue weighted by molar-refractivity contribution is 7.98. The minimum Gasteiger partial charge on any atom is -0.493 e. The molecule has 2 aromatic carbocycles. The first kappa shape index (κ1) is 14.8. The monoisotopic (exact) mass is 289 g/mol. The van der Waals surface area contributed by atoms with Crippen LogP contribution in [0.3, 0.4) is 0 Å². The lowest BCUT2D eigenvalue weighted by Gasteiger charge is -2.17. The first-order valence-corrected chi connectivity index (χ1v) is 7.54. The second kappa shape index (κ2) is 6.68. The minimum atomic E-state index is -0.182. The number of methoxy groups -OCH3 is 2. The normalized spacial score (nSPS) is 12.0. The molecule has 0 heterocycles. The fourth-order valence-corrected chi connectivity index (χ4v) is 2.79. The van der Waals surface area contributed by atoms with Crippen LogP contribution in [0.25, 0.3) is 0 Å². The van der Waals surface area contributed by atoms with Crippen molar-refractivity contribution in [1.82, 2.24) is 0 Å². The number of rotatable bonds is 5. The van der Waals surface area contributed by atoms with Crippen molar-refractivity contribution in [2.45, 2.75) is 10.9 Å². The van der Waals surface area contributed by atoms with Crippen molar-refractivity contribution >= 4 is 11.8 Å². The van der Waals surface area contributed by atoms with Gasteiger partial charge in [0.15, 0.2) is 11.5 Å². The van der Waals surface area contributed by atoms with Crippen molar-refractivity contribution in [3.8, 4) is 11.5 Å². The van der Waals surface area contributed by atoms with Gasteiger partial charge in [0, 0.05) is 4.90 Å². The smallest absolute Gasteiger partial charge is 0.161 e. The molecule has 0 saturated carbocycles. The molecule has 0 aliphatic heterocycles. The average Bonchev–Trinajstić information content (AvgIpc) is 2.53. The van der Waals surface area contributed by atoms with Crippen molar-refractivity contribution in [3.05, 3.63) is 53.6 Å². The summed E-state index contributed by atoms with van der Waals surface area (Å²) >= 11 is 1.70. The molecule has 0 saturated heterocycles. The Balaban J connectivity index is 2.40. The molecule has 0 bridgehead atoms. The molecule has 1 unspecified atom stereocenters. The number of ether oxygens (including phenoxy) is 2. The van der Waals surface area contributed by atoms with Crippen LogP contribution < -0.4 is 15.2 Å². The quantitative estimate of drug-likeness (QED) is 0.856. The molecule has 2 aromatic rings. The van der Waals surface area contributed by atoms with Gasteiger partial charge in [0.1, 0.15) is 0 Å². The molecule has 2 N–H and O–H groups in total. The summed E-state index contributed by atoms with van der Waals surface area (Å²) in [6.45, 7) is 0. The van der Waals surface area contributed by atoms with Crippen LogP contribution in [0.5, 0.6) is 11.5 Å². The Morgan fingerprint density at radius 3 is 2.35 bits per heavy atom. The van der Waals surface area contributed by atoms with E-state index in [0.717, 1.165) is 11.1 Å². The molecule has 1 atom stereocenters. The third-order valence-electron chi connectivity index (χ3n) is 3.24. The summed E-state index contributed by atoms with van der Waals surface area (Å²) in [6.07, 6.45) is 2.06. The van der Waals surface area contributed by atoms with E-state index < -0.39 is 0 Å². The van der Waals surface area contributed by atoms with E-state index in [0.29, 0.717) is 11.5 Å². The molecule has 106 valence electrons. The van der Waals surface area contributed by atoms with E-state index in [4.69, 9.17) is 15.2 Å². The van der Waals surface area contributed by atoms with E-state index >= 15 is 0 Å². The van der Waals surface area contributed by atoms with Crippen LogP contribution in [0, 0.1) is 0 Å². The van der Waals surface area contributed by atoms with Gasteiger partial charge in [0.2, 0.25) is 0 Å². The number of benzene rings is 2. The van der Waals surface area contributed by atoms with Crippen LogP contribution in [-0.2, 0) is 0 Å². The van der Waals surface area contributed by atoms with Gasteiger partial charge in [-0.15, -0.1) is 11.8 Å². The van der Waals surface area contributed by atoms with Crippen LogP contribution in [0.1, 0.15) is 17.2 Å². The van der Waals surface area contributed by atoms with Crippen LogP contribution in [0.2, 0.25) is 0 Å². The number of hydrogen-bond acceptors (Lipinski definition) is 4. The van der Waals surface area contributed by atoms with Crippen molar-refractivity contribution in [2.24, 2.45) is 5.73 Å². The maximum Gasteiger partial charge on any atom is 0.161 e. The fourth-order valence-electron chi connectivity index (χ4n) is 2.15. The SMILES string of the molecule is COc1ccc(C(N)c2ccccc2SC)cc1OC. The van der Waals surface area contributed by atoms with Gasteiger partial charge in [0.05, 0.1) is 20.3 Å². The summed E-state index contributed by atoms with van der Waals surface area (Å²) in [5, 5.41) is 0. The lowest BCUT2D eigenvalue weighted by Crippen LogP contribution is -2.13. The largest absolute Gasteiger partial charge is 0.493 e. The Morgan fingerprint density at radius 2 is 1.70 bits per heavy atom. The van der Waals surface area contributed by atoms with Crippen LogP contribution in [0.4, 0.5) is 0 Å². The Morgan fingerprint density at radius 1 is 1.00 bits per heavy atom. The third kappa shape index (κ3) is 2.92. The number of thioether (sulfide) groups is 1. The third-order valence-corrected chi connectivity index (χ3v) is 4.05. The summed E-state index contributed by atoms with van der Waals surface area (Å²) in [4.78, 5) is 1.19. The van der Waals surface area contributed by atoms with Gasteiger partial charge in [0.25, 0.3) is 0 Å². The van der Waals surface area contributed by atoms with Gasteiger partial charge < -0.3 is 15.2 Å². The summed E-state index contributed by atoms with van der Waals surface area (Å²) < 4.78 is 10.6. The summed E-state index contributed by atoms with van der Waals surface area (Å²) in [5.74, 6) is 1.41. The van der Waals surface area contributed by atoms with Gasteiger partial charge in [-0.05, 0) is 35.6 Å². The number of nitrogens with two attached hydrogens (primary N) is 1. The second-order valence-electron chi connectivity index (χ2n) is 4.33. The molecule has 0 aromatic heterocycles. The summed E-state index contributed by atoms with van der Waals surface area (Å²) in [6, 6.07) is 13.8. The van der Waals surface area contributed by atoms with Crippen LogP contribution >= 0.6 is 11.8 Å². The van der Waals surface area contributed by atoms with Crippen molar-refractivity contribution in [1.29, 1.82) is 0 Å². The van der Waals surface area contributed by atoms with Gasteiger partial charge in [-0.3, -0.25) is 0 Å². The standard InChI is InChI=1S/C16H19NO2S/c1-18-13-9-8-11(10-14(13)19-2)16(17)12-6-4-5-7-15(12)20-3/h4-10,16H,17H2,1-3H3. The lowest BCUT2D eigenvalue weighted by molar-refractivity contribution is 0.354. The van der Waals surface area contributed by atoms with Crippen molar-refractivity contribution in [2.75, 3.05) is 20.5 Å². The summed E-state index contributed by atoms with van der Waals surface area (Å²) in [7, 11) is 3.25. The second-order valence-corrected chi connectivity index (χ2v) is 5.18. The fraction of sp³-hybridized carbons (Fsp3) is 0.250. The zero-order valence-corrected chi connectivity index (χ0v) is 12.7. The van der Waals surface area contributed by atoms with Crippen LogP contribution in [0.15, 0.2) is 47.4 Å². The van der Waals surface area contributed by atoms with Crippen LogP contribution in [-0.4, -0.2) is 20.5 Å². The Hall–Kier alpha value is -1.65. The molecule has 0 radical (unpaired) electrons. The van der Waals surface area contributed by atoms with Gasteiger partial charge in [-0.2, -0.15) is 0 Å². The van der Waals surface area contributed by atoms with Crippen molar-refractivity contribution in [3.63, 3.8) is 0 Å². The first-order valence-electron chi connectivity index (χ1n) is 6.31. The maximum atomic E-state index is 6.40. The average molecular weight is 289 g/mol. The molecule has 0 fully saturated rings. The molecule has 0 spiro atoms. The Labute approximate surface area is 124 Å². The topological polar surface area (TPSA) is 44.5 Å². The summed E-state index contributed by atoms with van der Waals surface area (Å²) in [5.41, 5.74) is 8.52. The molecule has 0 aliphatic carbocycles. The number of hydrogen-bond donors (Lipinski definition) is 1. The predicted octanol–water partition coefficient (Wildman–Crippen LogP) is 3.47. The Kier molecular flexibility index (Phi) is 4.93. The molecule has 20 heavy (non-hydrogen) atoms. The van der Waals surface area contributed by atoms with Gasteiger partial charge in [-0.25, -0.2) is 0 Å². The minimum absolute atomic E-state index is 0.182. The van der Waals surface area contributed by atoms with Gasteiger partial charge >= 0.3 is 0 Å². The molecule has 3 nitrogen and oxygen atoms in total. The molecule has 2 rings (SSSR count). The lowest BCUT2D eigenvalue weighted by atomic mass is 9.99. The van der Waals surface area contributed by atoms with E-state index in [1.165, 1.54) is 4.90 Å². The van der Waals surface area contributed by atoms with Crippen molar-refractivity contribution < 1.29 is 9.47 Å².